The van der Waals surface area contributed by atoms with Gasteiger partial charge in [0.2, 0.25) is 5.91 Å². The molecule has 0 radical (unpaired) electrons. The molecule has 0 saturated carbocycles. The van der Waals surface area contributed by atoms with Crippen LogP contribution in [0.4, 0.5) is 5.69 Å². The van der Waals surface area contributed by atoms with Gasteiger partial charge in [0.15, 0.2) is 0 Å². The predicted molar refractivity (Wildman–Crippen MR) is 72.5 cm³/mol. The minimum Gasteiger partial charge on any atom is -0.362 e. The second-order valence-corrected chi connectivity index (χ2v) is 5.68. The van der Waals surface area contributed by atoms with Crippen LogP contribution in [-0.2, 0) is 4.79 Å². The molecule has 4 rings (SSSR count). The van der Waals surface area contributed by atoms with E-state index in [1.54, 1.807) is 0 Å². The third-order valence-electron chi connectivity index (χ3n) is 4.05. The molecule has 1 aromatic carbocycles. The highest BCUT2D eigenvalue weighted by atomic mass is 16.2. The smallest absolute Gasteiger partial charge is 0.225 e. The minimum absolute atomic E-state index is 0.118. The van der Waals surface area contributed by atoms with Crippen LogP contribution in [0, 0.1) is 5.92 Å². The Morgan fingerprint density at radius 3 is 2.33 bits per heavy atom. The summed E-state index contributed by atoms with van der Waals surface area (Å²) in [6.07, 6.45) is 1.23. The number of rotatable bonds is 2. The Morgan fingerprint density at radius 2 is 1.78 bits per heavy atom. The van der Waals surface area contributed by atoms with Gasteiger partial charge in [-0.05, 0) is 18.6 Å². The largest absolute Gasteiger partial charge is 0.362 e. The maximum absolute atomic E-state index is 12.0. The third kappa shape index (κ3) is 1.78. The maximum Gasteiger partial charge on any atom is 0.225 e. The number of benzene rings is 1. The summed E-state index contributed by atoms with van der Waals surface area (Å²) in [5.74, 6) is 0.421. The van der Waals surface area contributed by atoms with Crippen LogP contribution in [0.5, 0.6) is 0 Å². The van der Waals surface area contributed by atoms with E-state index in [2.05, 4.69) is 29.2 Å². The summed E-state index contributed by atoms with van der Waals surface area (Å²) in [5, 5.41) is 0. The Kier molecular flexibility index (Phi) is 2.77. The molecule has 2 bridgehead atoms. The number of carbonyl (C=O) groups is 1. The van der Waals surface area contributed by atoms with Crippen molar-refractivity contribution in [2.45, 2.75) is 32.4 Å². The van der Waals surface area contributed by atoms with E-state index in [9.17, 15) is 4.79 Å². The zero-order valence-corrected chi connectivity index (χ0v) is 11.0. The van der Waals surface area contributed by atoms with Crippen LogP contribution < -0.4 is 4.90 Å². The molecule has 3 heteroatoms. The van der Waals surface area contributed by atoms with Gasteiger partial charge in [0.25, 0.3) is 0 Å². The number of amides is 1. The van der Waals surface area contributed by atoms with Gasteiger partial charge in [0, 0.05) is 36.8 Å². The molecule has 0 aliphatic carbocycles. The number of hydrogen-bond donors (Lipinski definition) is 0. The fourth-order valence-corrected chi connectivity index (χ4v) is 3.18. The molecule has 0 spiro atoms. The molecule has 3 aliphatic rings. The molecule has 0 aromatic heterocycles. The van der Waals surface area contributed by atoms with Gasteiger partial charge in [-0.25, -0.2) is 0 Å². The zero-order chi connectivity index (χ0) is 12.7. The summed E-state index contributed by atoms with van der Waals surface area (Å²) in [7, 11) is 0. The molecule has 0 N–H and O–H groups in total. The SMILES string of the molecule is CC(C)C(=O)N1CC2CC(C1)N2c1ccccc1. The maximum atomic E-state index is 12.0. The summed E-state index contributed by atoms with van der Waals surface area (Å²) in [6, 6.07) is 11.6. The van der Waals surface area contributed by atoms with Crippen molar-refractivity contribution in [2.24, 2.45) is 5.92 Å². The van der Waals surface area contributed by atoms with Gasteiger partial charge < -0.3 is 9.80 Å². The lowest BCUT2D eigenvalue weighted by molar-refractivity contribution is -0.137. The van der Waals surface area contributed by atoms with Crippen molar-refractivity contribution in [3.63, 3.8) is 0 Å². The van der Waals surface area contributed by atoms with Crippen molar-refractivity contribution >= 4 is 11.6 Å². The number of carbonyl (C=O) groups excluding carboxylic acids is 1. The molecule has 1 amide bonds. The summed E-state index contributed by atoms with van der Waals surface area (Å²) in [6.45, 7) is 5.75. The third-order valence-corrected chi connectivity index (χ3v) is 4.05. The number of fused-ring (bicyclic) bond motifs is 2. The molecule has 18 heavy (non-hydrogen) atoms. The van der Waals surface area contributed by atoms with Crippen LogP contribution in [0.3, 0.4) is 0 Å². The fourth-order valence-electron chi connectivity index (χ4n) is 3.18. The Balaban J connectivity index is 1.71. The second kappa shape index (κ2) is 4.30. The molecule has 3 heterocycles. The first-order valence-electron chi connectivity index (χ1n) is 6.79. The van der Waals surface area contributed by atoms with Crippen molar-refractivity contribution in [1.82, 2.24) is 4.90 Å². The van der Waals surface area contributed by atoms with Crippen molar-refractivity contribution in [3.05, 3.63) is 30.3 Å². The average Bonchev–Trinajstić information content (AvgIpc) is 2.39. The lowest BCUT2D eigenvalue weighted by Crippen LogP contribution is -2.70. The molecule has 3 fully saturated rings. The summed E-state index contributed by atoms with van der Waals surface area (Å²) >= 11 is 0. The molecule has 3 nitrogen and oxygen atoms in total. The molecule has 1 aromatic rings. The normalized spacial score (nSPS) is 26.2. The standard InChI is InChI=1S/C15H20N2O/c1-11(2)15(18)16-9-13-8-14(10-16)17(13)12-6-4-3-5-7-12/h3-7,11,13-14H,8-10H2,1-2H3. The number of anilines is 1. The van der Waals surface area contributed by atoms with Crippen molar-refractivity contribution in [1.29, 1.82) is 0 Å². The van der Waals surface area contributed by atoms with Crippen LogP contribution in [-0.4, -0.2) is 36.0 Å². The topological polar surface area (TPSA) is 23.6 Å². The van der Waals surface area contributed by atoms with Crippen LogP contribution in [0.15, 0.2) is 30.3 Å². The van der Waals surface area contributed by atoms with E-state index >= 15 is 0 Å². The van der Waals surface area contributed by atoms with E-state index in [0.717, 1.165) is 13.1 Å². The number of hydrogen-bond acceptors (Lipinski definition) is 2. The number of piperidine rings is 1. The van der Waals surface area contributed by atoms with Gasteiger partial charge in [-0.3, -0.25) is 4.79 Å². The highest BCUT2D eigenvalue weighted by molar-refractivity contribution is 5.79. The van der Waals surface area contributed by atoms with E-state index < -0.39 is 0 Å². The van der Waals surface area contributed by atoms with Crippen LogP contribution in [0.2, 0.25) is 0 Å². The summed E-state index contributed by atoms with van der Waals surface area (Å²) in [5.41, 5.74) is 1.30. The first-order valence-corrected chi connectivity index (χ1v) is 6.79. The van der Waals surface area contributed by atoms with Crippen LogP contribution in [0.25, 0.3) is 0 Å². The lowest BCUT2D eigenvalue weighted by atomic mass is 9.86. The van der Waals surface area contributed by atoms with Crippen molar-refractivity contribution < 1.29 is 4.79 Å². The van der Waals surface area contributed by atoms with Crippen molar-refractivity contribution in [3.8, 4) is 0 Å². The molecule has 96 valence electrons. The molecular weight excluding hydrogens is 224 g/mol. The van der Waals surface area contributed by atoms with Gasteiger partial charge in [0.05, 0.1) is 0 Å². The van der Waals surface area contributed by atoms with Gasteiger partial charge in [-0.15, -0.1) is 0 Å². The first-order chi connectivity index (χ1) is 8.66. The summed E-state index contributed by atoms with van der Waals surface area (Å²) in [4.78, 5) is 16.5. The molecule has 3 saturated heterocycles. The Morgan fingerprint density at radius 1 is 1.17 bits per heavy atom. The zero-order valence-electron chi connectivity index (χ0n) is 11.0. The minimum atomic E-state index is 0.118. The number of nitrogens with zero attached hydrogens (tertiary/aromatic N) is 2. The van der Waals surface area contributed by atoms with Crippen LogP contribution in [0.1, 0.15) is 20.3 Å². The van der Waals surface area contributed by atoms with Gasteiger partial charge >= 0.3 is 0 Å². The highest BCUT2D eigenvalue weighted by Crippen LogP contribution is 2.37. The average molecular weight is 244 g/mol. The second-order valence-electron chi connectivity index (χ2n) is 5.68. The van der Waals surface area contributed by atoms with E-state index in [1.165, 1.54) is 12.1 Å². The van der Waals surface area contributed by atoms with E-state index in [4.69, 9.17) is 0 Å². The molecular formula is C15H20N2O. The molecule has 3 aliphatic heterocycles. The van der Waals surface area contributed by atoms with Crippen molar-refractivity contribution in [2.75, 3.05) is 18.0 Å². The van der Waals surface area contributed by atoms with E-state index in [-0.39, 0.29) is 5.92 Å². The fraction of sp³-hybridized carbons (Fsp3) is 0.533. The predicted octanol–water partition coefficient (Wildman–Crippen LogP) is 2.13. The van der Waals surface area contributed by atoms with Gasteiger partial charge in [-0.2, -0.15) is 0 Å². The highest BCUT2D eigenvalue weighted by Gasteiger charge is 2.45. The van der Waals surface area contributed by atoms with Crippen LogP contribution >= 0.6 is 0 Å². The van der Waals surface area contributed by atoms with E-state index in [0.29, 0.717) is 18.0 Å². The Bertz CT molecular complexity index is 431. The molecule has 2 unspecified atom stereocenters. The van der Waals surface area contributed by atoms with Gasteiger partial charge in [0.1, 0.15) is 0 Å². The monoisotopic (exact) mass is 244 g/mol. The first kappa shape index (κ1) is 11.6. The van der Waals surface area contributed by atoms with E-state index in [1.807, 2.05) is 24.8 Å². The Hall–Kier alpha value is -1.51. The van der Waals surface area contributed by atoms with Gasteiger partial charge in [-0.1, -0.05) is 32.0 Å². The number of piperazine rings is 1. The quantitative estimate of drug-likeness (QED) is 0.795. The lowest BCUT2D eigenvalue weighted by Gasteiger charge is -2.57. The summed E-state index contributed by atoms with van der Waals surface area (Å²) < 4.78 is 0. The molecule has 2 atom stereocenters. The Labute approximate surface area is 108 Å². The number of para-hydroxylation sites is 1.